The number of aromatic amines is 1. The van der Waals surface area contributed by atoms with Crippen LogP contribution in [0.1, 0.15) is 5.82 Å². The Labute approximate surface area is 105 Å². The lowest BCUT2D eigenvalue weighted by atomic mass is 10.1. The van der Waals surface area contributed by atoms with Crippen LogP contribution in [0.15, 0.2) is 22.8 Å². The molecule has 1 heterocycles. The molecule has 0 radical (unpaired) electrons. The first-order valence-electron chi connectivity index (χ1n) is 4.92. The van der Waals surface area contributed by atoms with E-state index in [1.165, 1.54) is 12.1 Å². The topological polar surface area (TPSA) is 48.9 Å². The van der Waals surface area contributed by atoms with Gasteiger partial charge in [-0.05, 0) is 28.1 Å². The van der Waals surface area contributed by atoms with Crippen molar-refractivity contribution in [1.29, 1.82) is 0 Å². The van der Waals surface area contributed by atoms with Crippen molar-refractivity contribution in [1.82, 2.24) is 9.97 Å². The number of aromatic nitrogens is 2. The van der Waals surface area contributed by atoms with Crippen molar-refractivity contribution in [2.45, 2.75) is 6.42 Å². The Hall–Kier alpha value is -1.27. The lowest BCUT2D eigenvalue weighted by Crippen LogP contribution is -1.93. The molecule has 17 heavy (non-hydrogen) atoms. The molecule has 90 valence electrons. The minimum Gasteiger partial charge on any atom is -0.396 e. The van der Waals surface area contributed by atoms with E-state index in [4.69, 9.17) is 5.11 Å². The van der Waals surface area contributed by atoms with Crippen molar-refractivity contribution >= 4 is 15.9 Å². The second kappa shape index (κ2) is 4.93. The first-order valence-corrected chi connectivity index (χ1v) is 5.71. The summed E-state index contributed by atoms with van der Waals surface area (Å²) in [7, 11) is 0. The van der Waals surface area contributed by atoms with Crippen molar-refractivity contribution in [3.8, 4) is 11.3 Å². The van der Waals surface area contributed by atoms with Crippen LogP contribution in [-0.4, -0.2) is 21.7 Å². The standard InChI is InChI=1S/C11H9BrF2N2O/c12-11-10(15-9(16-11)3-4-17)7-2-1-6(13)5-8(7)14/h1-2,5,17H,3-4H2,(H,15,16). The number of hydrogen-bond acceptors (Lipinski definition) is 2. The number of nitrogens with one attached hydrogen (secondary N) is 1. The van der Waals surface area contributed by atoms with E-state index in [0.717, 1.165) is 6.07 Å². The maximum atomic E-state index is 13.5. The van der Waals surface area contributed by atoms with Gasteiger partial charge in [0.25, 0.3) is 0 Å². The van der Waals surface area contributed by atoms with Crippen LogP contribution in [0, 0.1) is 11.6 Å². The van der Waals surface area contributed by atoms with Gasteiger partial charge < -0.3 is 10.1 Å². The second-order valence-corrected chi connectivity index (χ2v) is 4.24. The van der Waals surface area contributed by atoms with Gasteiger partial charge in [0, 0.05) is 18.1 Å². The number of hydrogen-bond donors (Lipinski definition) is 2. The average molecular weight is 303 g/mol. The van der Waals surface area contributed by atoms with Crippen molar-refractivity contribution in [2.24, 2.45) is 0 Å². The molecule has 3 nitrogen and oxygen atoms in total. The molecule has 2 rings (SSSR count). The van der Waals surface area contributed by atoms with Gasteiger partial charge in [0.1, 0.15) is 27.8 Å². The van der Waals surface area contributed by atoms with Crippen molar-refractivity contribution in [2.75, 3.05) is 6.61 Å². The number of nitrogens with zero attached hydrogens (tertiary/aromatic N) is 1. The van der Waals surface area contributed by atoms with E-state index >= 15 is 0 Å². The van der Waals surface area contributed by atoms with E-state index in [1.54, 1.807) is 0 Å². The second-order valence-electron chi connectivity index (χ2n) is 3.44. The van der Waals surface area contributed by atoms with Crippen LogP contribution in [-0.2, 0) is 6.42 Å². The molecule has 0 spiro atoms. The summed E-state index contributed by atoms with van der Waals surface area (Å²) in [6, 6.07) is 3.31. The zero-order chi connectivity index (χ0) is 12.4. The van der Waals surface area contributed by atoms with Gasteiger partial charge in [0.05, 0.1) is 6.61 Å². The Morgan fingerprint density at radius 1 is 1.35 bits per heavy atom. The number of benzene rings is 1. The van der Waals surface area contributed by atoms with Crippen molar-refractivity contribution in [3.63, 3.8) is 0 Å². The third-order valence-electron chi connectivity index (χ3n) is 2.24. The van der Waals surface area contributed by atoms with E-state index in [-0.39, 0.29) is 12.2 Å². The molecule has 0 aliphatic heterocycles. The molecule has 0 aliphatic rings. The summed E-state index contributed by atoms with van der Waals surface area (Å²) in [5.41, 5.74) is 0.574. The van der Waals surface area contributed by atoms with Gasteiger partial charge in [-0.1, -0.05) is 0 Å². The Kier molecular flexibility index (Phi) is 3.54. The molecule has 1 aromatic carbocycles. The molecule has 0 aliphatic carbocycles. The Balaban J connectivity index is 2.45. The van der Waals surface area contributed by atoms with Crippen LogP contribution in [0.5, 0.6) is 0 Å². The third kappa shape index (κ3) is 2.53. The molecular formula is C11H9BrF2N2O. The monoisotopic (exact) mass is 302 g/mol. The van der Waals surface area contributed by atoms with Crippen molar-refractivity contribution < 1.29 is 13.9 Å². The molecule has 0 unspecified atom stereocenters. The summed E-state index contributed by atoms with van der Waals surface area (Å²) >= 11 is 3.22. The summed E-state index contributed by atoms with van der Waals surface area (Å²) in [6.45, 7) is -0.0503. The van der Waals surface area contributed by atoms with Crippen LogP contribution in [0.4, 0.5) is 8.78 Å². The zero-order valence-electron chi connectivity index (χ0n) is 8.67. The molecule has 0 bridgehead atoms. The number of halogens is 3. The van der Waals surface area contributed by atoms with E-state index in [9.17, 15) is 8.78 Å². The highest BCUT2D eigenvalue weighted by molar-refractivity contribution is 9.10. The highest BCUT2D eigenvalue weighted by atomic mass is 79.9. The highest BCUT2D eigenvalue weighted by Crippen LogP contribution is 2.28. The molecular weight excluding hydrogens is 294 g/mol. The van der Waals surface area contributed by atoms with Gasteiger partial charge >= 0.3 is 0 Å². The maximum Gasteiger partial charge on any atom is 0.135 e. The molecule has 0 saturated heterocycles. The van der Waals surface area contributed by atoms with E-state index < -0.39 is 11.6 Å². The predicted molar refractivity (Wildman–Crippen MR) is 62.4 cm³/mol. The van der Waals surface area contributed by atoms with E-state index in [2.05, 4.69) is 25.9 Å². The van der Waals surface area contributed by atoms with Crippen LogP contribution in [0.3, 0.4) is 0 Å². The normalized spacial score (nSPS) is 10.8. The molecule has 0 fully saturated rings. The van der Waals surface area contributed by atoms with Gasteiger partial charge in [0.2, 0.25) is 0 Å². The lowest BCUT2D eigenvalue weighted by molar-refractivity contribution is 0.297. The van der Waals surface area contributed by atoms with Crippen LogP contribution < -0.4 is 0 Å². The van der Waals surface area contributed by atoms with E-state index in [0.29, 0.717) is 22.5 Å². The molecule has 2 N–H and O–H groups in total. The molecule has 2 aromatic rings. The SMILES string of the molecule is OCCc1nc(-c2ccc(F)cc2F)c(Br)[nH]1. The zero-order valence-corrected chi connectivity index (χ0v) is 10.3. The molecule has 0 amide bonds. The third-order valence-corrected chi connectivity index (χ3v) is 2.82. The fourth-order valence-electron chi connectivity index (χ4n) is 1.48. The molecule has 6 heteroatoms. The number of aliphatic hydroxyl groups excluding tert-OH is 1. The van der Waals surface area contributed by atoms with Gasteiger partial charge in [-0.2, -0.15) is 0 Å². The number of aliphatic hydroxyl groups is 1. The van der Waals surface area contributed by atoms with E-state index in [1.807, 2.05) is 0 Å². The minimum absolute atomic E-state index is 0.0503. The van der Waals surface area contributed by atoms with Gasteiger partial charge in [-0.15, -0.1) is 0 Å². The van der Waals surface area contributed by atoms with Gasteiger partial charge in [-0.3, -0.25) is 0 Å². The smallest absolute Gasteiger partial charge is 0.135 e. The Bertz CT molecular complexity index is 542. The average Bonchev–Trinajstić information content (AvgIpc) is 2.60. The summed E-state index contributed by atoms with van der Waals surface area (Å²) in [5, 5.41) is 8.78. The lowest BCUT2D eigenvalue weighted by Gasteiger charge is -1.99. The minimum atomic E-state index is -0.673. The first kappa shape index (κ1) is 12.2. The van der Waals surface area contributed by atoms with Crippen LogP contribution >= 0.6 is 15.9 Å². The molecule has 0 atom stereocenters. The van der Waals surface area contributed by atoms with Gasteiger partial charge in [-0.25, -0.2) is 13.8 Å². The summed E-state index contributed by atoms with van der Waals surface area (Å²) in [4.78, 5) is 7.01. The number of rotatable bonds is 3. The van der Waals surface area contributed by atoms with Gasteiger partial charge in [0.15, 0.2) is 0 Å². The van der Waals surface area contributed by atoms with Crippen LogP contribution in [0.2, 0.25) is 0 Å². The van der Waals surface area contributed by atoms with Crippen molar-refractivity contribution in [3.05, 3.63) is 40.3 Å². The summed E-state index contributed by atoms with van der Waals surface area (Å²) in [5.74, 6) is -0.765. The highest BCUT2D eigenvalue weighted by Gasteiger charge is 2.14. The quantitative estimate of drug-likeness (QED) is 0.916. The Morgan fingerprint density at radius 2 is 2.12 bits per heavy atom. The predicted octanol–water partition coefficient (Wildman–Crippen LogP) is 2.65. The first-order chi connectivity index (χ1) is 8.11. The fourth-order valence-corrected chi connectivity index (χ4v) is 2.01. The maximum absolute atomic E-state index is 13.5. The van der Waals surface area contributed by atoms with Crippen LogP contribution in [0.25, 0.3) is 11.3 Å². The summed E-state index contributed by atoms with van der Waals surface area (Å²) in [6.07, 6.45) is 0.349. The molecule has 1 aromatic heterocycles. The molecule has 0 saturated carbocycles. The number of H-pyrrole nitrogens is 1. The number of imidazole rings is 1. The summed E-state index contributed by atoms with van der Waals surface area (Å²) < 4.78 is 26.8. The fraction of sp³-hybridized carbons (Fsp3) is 0.182. The Morgan fingerprint density at radius 3 is 2.76 bits per heavy atom. The largest absolute Gasteiger partial charge is 0.396 e.